The van der Waals surface area contributed by atoms with Crippen molar-refractivity contribution in [3.8, 4) is 0 Å². The summed E-state index contributed by atoms with van der Waals surface area (Å²) >= 11 is 0. The minimum atomic E-state index is -0.0442. The van der Waals surface area contributed by atoms with Gasteiger partial charge in [0, 0.05) is 0 Å². The monoisotopic (exact) mass is 1340 g/mol. The molecule has 0 amide bonds. The van der Waals surface area contributed by atoms with E-state index in [4.69, 9.17) is 0 Å². The van der Waals surface area contributed by atoms with Crippen LogP contribution in [-0.2, 0) is 69.5 Å². The van der Waals surface area contributed by atoms with Crippen LogP contribution in [0.3, 0.4) is 0 Å². The molecule has 3 aliphatic rings. The topological polar surface area (TPSA) is 19.0 Å². The van der Waals surface area contributed by atoms with Crippen LogP contribution in [0.5, 0.6) is 0 Å². The number of piperazine rings is 1. The summed E-state index contributed by atoms with van der Waals surface area (Å²) in [5, 5.41) is 0. The first-order valence-corrected chi connectivity index (χ1v) is 37.7. The van der Waals surface area contributed by atoms with Gasteiger partial charge in [0.25, 0.3) is 0 Å². The molecule has 0 radical (unpaired) electrons. The average molecular weight is 1340 g/mol. The highest BCUT2D eigenvalue weighted by molar-refractivity contribution is 5.81. The molecule has 0 saturated carbocycles. The molecular formula is C94H124N6+2. The Kier molecular flexibility index (Phi) is 20.3. The number of nitrogens with zero attached hydrogens (tertiary/aromatic N) is 6. The lowest BCUT2D eigenvalue weighted by Gasteiger charge is -2.31. The van der Waals surface area contributed by atoms with Gasteiger partial charge in [-0.05, 0) is 132 Å². The lowest BCUT2D eigenvalue weighted by atomic mass is 9.79. The van der Waals surface area contributed by atoms with E-state index in [0.717, 1.165) is 52.4 Å². The number of benzene rings is 8. The van der Waals surface area contributed by atoms with Crippen molar-refractivity contribution in [1.29, 1.82) is 0 Å². The molecule has 0 unspecified atom stereocenters. The third kappa shape index (κ3) is 16.3. The molecule has 100 heavy (non-hydrogen) atoms. The maximum absolute atomic E-state index is 2.87. The Morgan fingerprint density at radius 1 is 0.230 bits per heavy atom. The number of hydrogen-bond acceptors (Lipinski definition) is 0. The molecule has 3 fully saturated rings. The van der Waals surface area contributed by atoms with Crippen LogP contribution < -0.4 is 0 Å². The van der Waals surface area contributed by atoms with Gasteiger partial charge >= 0.3 is 11.9 Å². The maximum Gasteiger partial charge on any atom is 0.352 e. The molecule has 0 aromatic heterocycles. The molecule has 6 nitrogen and oxygen atoms in total. The minimum Gasteiger partial charge on any atom is -0.258 e. The fraction of sp³-hybridized carbons (Fsp3) is 0.468. The van der Waals surface area contributed by atoms with E-state index in [1.54, 1.807) is 0 Å². The van der Waals surface area contributed by atoms with Crippen molar-refractivity contribution in [3.05, 3.63) is 283 Å². The zero-order chi connectivity index (χ0) is 72.5. The largest absolute Gasteiger partial charge is 0.352 e. The van der Waals surface area contributed by atoms with Gasteiger partial charge in [-0.15, -0.1) is 0 Å². The fourth-order valence-corrected chi connectivity index (χ4v) is 15.5. The molecular weight excluding hydrogens is 1210 g/mol. The Morgan fingerprint density at radius 2 is 0.380 bits per heavy atom. The predicted octanol–water partition coefficient (Wildman–Crippen LogP) is 22.1. The molecule has 0 aliphatic carbocycles. The molecule has 6 heteroatoms. The van der Waals surface area contributed by atoms with Gasteiger partial charge in [-0.25, -0.2) is 19.6 Å². The second-order valence-electron chi connectivity index (χ2n) is 38.2. The van der Waals surface area contributed by atoms with Crippen LogP contribution in [0.2, 0.25) is 0 Å². The first-order chi connectivity index (χ1) is 46.6. The van der Waals surface area contributed by atoms with E-state index in [1.165, 1.54) is 101 Å². The summed E-state index contributed by atoms with van der Waals surface area (Å²) in [6.07, 6.45) is 0. The average Bonchev–Trinajstić information content (AvgIpc) is 1.58. The third-order valence-corrected chi connectivity index (χ3v) is 21.7. The molecule has 0 bridgehead atoms. The normalized spacial score (nSPS) is 18.6. The molecule has 11 rings (SSSR count). The van der Waals surface area contributed by atoms with Crippen LogP contribution in [0.25, 0.3) is 0 Å². The smallest absolute Gasteiger partial charge is 0.258 e. The zero-order valence-corrected chi connectivity index (χ0v) is 66.1. The van der Waals surface area contributed by atoms with Gasteiger partial charge in [-0.1, -0.05) is 360 Å². The third-order valence-electron chi connectivity index (χ3n) is 21.7. The van der Waals surface area contributed by atoms with Gasteiger partial charge in [0.05, 0.1) is 52.4 Å². The molecule has 528 valence electrons. The van der Waals surface area contributed by atoms with Crippen molar-refractivity contribution in [2.45, 2.75) is 260 Å². The van der Waals surface area contributed by atoms with Gasteiger partial charge in [-0.3, -0.25) is 9.15 Å². The maximum atomic E-state index is 2.87. The van der Waals surface area contributed by atoms with Crippen molar-refractivity contribution >= 4 is 11.9 Å². The van der Waals surface area contributed by atoms with Gasteiger partial charge in [-0.2, -0.15) is 0 Å². The standard InChI is InChI=1S/C94H124N6/c1-87(2,3)73-49-65(50-74(57-73)88(4,5)6)61-97-81(69-37-29-25-30-38-69)82(70-39-31-26-32-40-70)98(62-66-51-75(89(7,8)9)58-76(52-66)90(10,11)12)85(97)95-45-47-96(48-46-95)86-99(63-67-53-77(91(13,14)15)59-78(54-67)92(16,17)18)83(71-41-33-27-34-42-71)84(72-43-35-28-36-44-72)100(86)64-68-55-79(93(19,20)21)60-80(56-68)94(22,23)24/h25-44,49-60,81-84H,45-48,61-64H2,1-24H3/q+2/t81-,82-,83-,84-/m1/s1. The fourth-order valence-electron chi connectivity index (χ4n) is 15.5. The number of hydrogen-bond donors (Lipinski definition) is 0. The van der Waals surface area contributed by atoms with E-state index in [2.05, 4.69) is 389 Å². The molecule has 4 atom stereocenters. The van der Waals surface area contributed by atoms with Gasteiger partial charge in [0.2, 0.25) is 0 Å². The summed E-state index contributed by atoms with van der Waals surface area (Å²) in [5.41, 5.74) is 21.5. The Labute approximate surface area is 606 Å². The van der Waals surface area contributed by atoms with Crippen molar-refractivity contribution in [2.75, 3.05) is 26.2 Å². The Balaban J connectivity index is 1.20. The molecule has 3 saturated heterocycles. The summed E-state index contributed by atoms with van der Waals surface area (Å²) in [4.78, 5) is 11.5. The highest BCUT2D eigenvalue weighted by Crippen LogP contribution is 2.50. The van der Waals surface area contributed by atoms with Crippen LogP contribution in [0.1, 0.15) is 279 Å². The summed E-state index contributed by atoms with van der Waals surface area (Å²) in [7, 11) is 0. The van der Waals surface area contributed by atoms with Crippen LogP contribution >= 0.6 is 0 Å². The van der Waals surface area contributed by atoms with E-state index < -0.39 is 0 Å². The lowest BCUT2D eigenvalue weighted by Crippen LogP contribution is -2.51. The van der Waals surface area contributed by atoms with Crippen molar-refractivity contribution < 1.29 is 9.15 Å². The number of guanidine groups is 2. The summed E-state index contributed by atoms with van der Waals surface area (Å²) < 4.78 is 5.68. The molecule has 3 aliphatic heterocycles. The SMILES string of the molecule is CC(C)(C)c1cc(CN2C(=[N+]3CC[N+](=C4N(Cc5cc(C(C)(C)C)cc(C(C)(C)C)c5)[C@H](c5ccccc5)[C@@H](c5ccccc5)N4Cc4cc(C(C)(C)C)cc(C(C)(C)C)c4)CC3)N(Cc3cc(C(C)(C)C)cc(C(C)(C)C)c3)[C@H](c3ccccc3)[C@H]2c2ccccc2)cc(C(C)(C)C)c1. The van der Waals surface area contributed by atoms with E-state index in [9.17, 15) is 0 Å². The van der Waals surface area contributed by atoms with E-state index >= 15 is 0 Å². The molecule has 8 aromatic rings. The van der Waals surface area contributed by atoms with Crippen LogP contribution in [0.15, 0.2) is 194 Å². The van der Waals surface area contributed by atoms with Crippen LogP contribution in [-0.4, -0.2) is 66.8 Å². The highest BCUT2D eigenvalue weighted by Gasteiger charge is 2.56. The molecule has 3 heterocycles. The van der Waals surface area contributed by atoms with Gasteiger partial charge in [0.1, 0.15) is 24.2 Å². The van der Waals surface area contributed by atoms with E-state index in [0.29, 0.717) is 0 Å². The predicted molar refractivity (Wildman–Crippen MR) is 424 cm³/mol. The summed E-state index contributed by atoms with van der Waals surface area (Å²) in [5.74, 6) is 2.63. The minimum absolute atomic E-state index is 0.0157. The Bertz CT molecular complexity index is 3560. The second kappa shape index (κ2) is 27.6. The lowest BCUT2D eigenvalue weighted by molar-refractivity contribution is -0.671. The molecule has 8 aromatic carbocycles. The van der Waals surface area contributed by atoms with Crippen LogP contribution in [0, 0.1) is 0 Å². The summed E-state index contributed by atoms with van der Waals surface area (Å²) in [6.45, 7) is 63.6. The number of rotatable bonds is 12. The summed E-state index contributed by atoms with van der Waals surface area (Å²) in [6, 6.07) is 76.5. The highest BCUT2D eigenvalue weighted by atomic mass is 15.5. The van der Waals surface area contributed by atoms with Crippen molar-refractivity contribution in [1.82, 2.24) is 19.6 Å². The Hall–Kier alpha value is -7.70. The molecule has 0 spiro atoms. The quantitative estimate of drug-likeness (QED) is 0.114. The van der Waals surface area contributed by atoms with Crippen molar-refractivity contribution in [3.63, 3.8) is 0 Å². The van der Waals surface area contributed by atoms with E-state index in [-0.39, 0.29) is 67.5 Å². The van der Waals surface area contributed by atoms with Crippen molar-refractivity contribution in [2.24, 2.45) is 0 Å². The zero-order valence-electron chi connectivity index (χ0n) is 66.1. The van der Waals surface area contributed by atoms with Gasteiger partial charge in [0.15, 0.2) is 0 Å². The van der Waals surface area contributed by atoms with E-state index in [1.807, 2.05) is 0 Å². The molecule has 0 N–H and O–H groups in total. The first-order valence-electron chi connectivity index (χ1n) is 37.7. The van der Waals surface area contributed by atoms with Gasteiger partial charge < -0.3 is 0 Å². The first kappa shape index (κ1) is 73.5. The Morgan fingerprint density at radius 3 is 0.520 bits per heavy atom. The second-order valence-corrected chi connectivity index (χ2v) is 38.2. The van der Waals surface area contributed by atoms with Crippen LogP contribution in [0.4, 0.5) is 0 Å².